The molecule has 1 amide bonds. The van der Waals surface area contributed by atoms with E-state index in [4.69, 9.17) is 4.42 Å². The van der Waals surface area contributed by atoms with Crippen molar-refractivity contribution in [2.24, 2.45) is 0 Å². The van der Waals surface area contributed by atoms with Gasteiger partial charge in [0.25, 0.3) is 5.91 Å². The Morgan fingerprint density at radius 1 is 0.906 bits per heavy atom. The standard InChI is InChI=1S/C22H19N3O4S3/c26-21(18-9-5-15-31-18)24-10-12-25(13-11-24)22-20(23-19(29-22)17-8-4-14-30-17)32(27,28)16-6-2-1-3-7-16/h1-9,14-15H,10-13H2. The monoisotopic (exact) mass is 485 g/mol. The highest BCUT2D eigenvalue weighted by Gasteiger charge is 2.33. The number of amides is 1. The number of hydrogen-bond donors (Lipinski definition) is 0. The van der Waals surface area contributed by atoms with Crippen LogP contribution in [0.15, 0.2) is 79.7 Å². The Morgan fingerprint density at radius 2 is 1.62 bits per heavy atom. The average molecular weight is 486 g/mol. The van der Waals surface area contributed by atoms with Crippen LogP contribution >= 0.6 is 22.7 Å². The maximum atomic E-state index is 13.4. The van der Waals surface area contributed by atoms with Gasteiger partial charge in [-0.05, 0) is 35.0 Å². The SMILES string of the molecule is O=C(c1cccs1)N1CCN(c2oc(-c3cccs3)nc2S(=O)(=O)c2ccccc2)CC1. The van der Waals surface area contributed by atoms with Crippen LogP contribution in [0.1, 0.15) is 9.67 Å². The van der Waals surface area contributed by atoms with Crippen molar-refractivity contribution in [3.05, 3.63) is 70.2 Å². The molecule has 0 aliphatic carbocycles. The molecule has 4 aromatic rings. The second kappa shape index (κ2) is 8.53. The van der Waals surface area contributed by atoms with Crippen LogP contribution in [0.5, 0.6) is 0 Å². The van der Waals surface area contributed by atoms with E-state index in [0.717, 1.165) is 4.88 Å². The molecule has 1 saturated heterocycles. The van der Waals surface area contributed by atoms with E-state index in [-0.39, 0.29) is 27.6 Å². The Bertz CT molecular complexity index is 1310. The predicted octanol–water partition coefficient (Wildman–Crippen LogP) is 4.26. The Hall–Kier alpha value is -2.95. The number of sulfone groups is 1. The quantitative estimate of drug-likeness (QED) is 0.420. The fraction of sp³-hybridized carbons (Fsp3) is 0.182. The molecule has 5 rings (SSSR count). The van der Waals surface area contributed by atoms with Crippen molar-refractivity contribution in [1.82, 2.24) is 9.88 Å². The van der Waals surface area contributed by atoms with Crippen LogP contribution < -0.4 is 4.90 Å². The normalized spacial score (nSPS) is 14.6. The molecule has 3 aromatic heterocycles. The lowest BCUT2D eigenvalue weighted by molar-refractivity contribution is 0.0750. The minimum absolute atomic E-state index is 0.00590. The molecular formula is C22H19N3O4S3. The molecule has 0 spiro atoms. The Morgan fingerprint density at radius 3 is 2.28 bits per heavy atom. The molecule has 4 heterocycles. The summed E-state index contributed by atoms with van der Waals surface area (Å²) in [6, 6.07) is 15.6. The lowest BCUT2D eigenvalue weighted by Crippen LogP contribution is -2.48. The summed E-state index contributed by atoms with van der Waals surface area (Å²) in [5.41, 5.74) is 0. The van der Waals surface area contributed by atoms with Gasteiger partial charge in [0.1, 0.15) is 0 Å². The number of piperazine rings is 1. The van der Waals surface area contributed by atoms with Gasteiger partial charge in [0, 0.05) is 26.2 Å². The summed E-state index contributed by atoms with van der Waals surface area (Å²) >= 11 is 2.85. The van der Waals surface area contributed by atoms with Crippen molar-refractivity contribution in [3.8, 4) is 10.8 Å². The van der Waals surface area contributed by atoms with Crippen LogP contribution in [0.3, 0.4) is 0 Å². The molecule has 1 aliphatic heterocycles. The summed E-state index contributed by atoms with van der Waals surface area (Å²) in [5.74, 6) is 0.496. The first kappa shape index (κ1) is 20.9. The van der Waals surface area contributed by atoms with Crippen molar-refractivity contribution in [2.45, 2.75) is 9.92 Å². The van der Waals surface area contributed by atoms with Crippen molar-refractivity contribution >= 4 is 44.3 Å². The van der Waals surface area contributed by atoms with Crippen molar-refractivity contribution in [3.63, 3.8) is 0 Å². The van der Waals surface area contributed by atoms with Crippen molar-refractivity contribution < 1.29 is 17.6 Å². The number of oxazole rings is 1. The molecule has 0 bridgehead atoms. The summed E-state index contributed by atoms with van der Waals surface area (Å²) in [6.45, 7) is 1.84. The molecule has 1 aliphatic rings. The number of nitrogens with zero attached hydrogens (tertiary/aromatic N) is 3. The molecule has 0 unspecified atom stereocenters. The van der Waals surface area contributed by atoms with Crippen LogP contribution in [-0.4, -0.2) is 50.4 Å². The van der Waals surface area contributed by atoms with E-state index in [9.17, 15) is 13.2 Å². The summed E-state index contributed by atoms with van der Waals surface area (Å²) in [6.07, 6.45) is 0. The van der Waals surface area contributed by atoms with E-state index in [0.29, 0.717) is 31.1 Å². The molecule has 0 atom stereocenters. The topological polar surface area (TPSA) is 83.7 Å². The Kier molecular flexibility index (Phi) is 5.58. The van der Waals surface area contributed by atoms with Gasteiger partial charge in [0.15, 0.2) is 0 Å². The zero-order valence-corrected chi connectivity index (χ0v) is 19.3. The number of thiophene rings is 2. The van der Waals surface area contributed by atoms with Gasteiger partial charge in [-0.25, -0.2) is 8.42 Å². The van der Waals surface area contributed by atoms with Gasteiger partial charge in [-0.3, -0.25) is 4.79 Å². The van der Waals surface area contributed by atoms with Gasteiger partial charge in [0.2, 0.25) is 26.6 Å². The Labute approximate surface area is 193 Å². The summed E-state index contributed by atoms with van der Waals surface area (Å²) in [5, 5.41) is 3.68. The van der Waals surface area contributed by atoms with E-state index in [2.05, 4.69) is 4.98 Å². The maximum absolute atomic E-state index is 13.4. The van der Waals surface area contributed by atoms with E-state index in [1.54, 1.807) is 35.2 Å². The fourth-order valence-electron chi connectivity index (χ4n) is 3.56. The zero-order valence-electron chi connectivity index (χ0n) is 16.9. The molecule has 1 fully saturated rings. The van der Waals surface area contributed by atoms with E-state index >= 15 is 0 Å². The highest BCUT2D eigenvalue weighted by molar-refractivity contribution is 7.91. The second-order valence-electron chi connectivity index (χ2n) is 7.18. The average Bonchev–Trinajstić information content (AvgIpc) is 3.60. The van der Waals surface area contributed by atoms with Gasteiger partial charge in [-0.2, -0.15) is 4.98 Å². The molecule has 32 heavy (non-hydrogen) atoms. The molecule has 10 heteroatoms. The van der Waals surface area contributed by atoms with Crippen LogP contribution in [0.4, 0.5) is 5.88 Å². The van der Waals surface area contributed by atoms with Gasteiger partial charge < -0.3 is 14.2 Å². The Balaban J connectivity index is 1.47. The van der Waals surface area contributed by atoms with Crippen LogP contribution in [0.2, 0.25) is 0 Å². The number of aromatic nitrogens is 1. The first-order chi connectivity index (χ1) is 15.5. The third kappa shape index (κ3) is 3.85. The molecule has 0 N–H and O–H groups in total. The number of carbonyl (C=O) groups excluding carboxylic acids is 1. The van der Waals surface area contributed by atoms with Crippen LogP contribution in [-0.2, 0) is 9.84 Å². The van der Waals surface area contributed by atoms with Gasteiger partial charge in [-0.1, -0.05) is 30.3 Å². The highest BCUT2D eigenvalue weighted by Crippen LogP contribution is 2.36. The number of benzene rings is 1. The lowest BCUT2D eigenvalue weighted by Gasteiger charge is -2.34. The number of rotatable bonds is 5. The lowest BCUT2D eigenvalue weighted by atomic mass is 10.3. The predicted molar refractivity (Wildman–Crippen MR) is 124 cm³/mol. The van der Waals surface area contributed by atoms with Crippen LogP contribution in [0, 0.1) is 0 Å². The fourth-order valence-corrected chi connectivity index (χ4v) is 6.24. The minimum atomic E-state index is -3.88. The largest absolute Gasteiger partial charge is 0.418 e. The van der Waals surface area contributed by atoms with Crippen LogP contribution in [0.25, 0.3) is 10.8 Å². The molecule has 164 valence electrons. The third-order valence-corrected chi connectivity index (χ3v) is 8.59. The van der Waals surface area contributed by atoms with E-state index < -0.39 is 9.84 Å². The number of hydrogen-bond acceptors (Lipinski definition) is 8. The summed E-state index contributed by atoms with van der Waals surface area (Å²) < 4.78 is 32.8. The van der Waals surface area contributed by atoms with E-state index in [1.165, 1.54) is 22.7 Å². The molecule has 0 radical (unpaired) electrons. The summed E-state index contributed by atoms with van der Waals surface area (Å²) in [7, 11) is -3.88. The molecular weight excluding hydrogens is 466 g/mol. The number of carbonyl (C=O) groups is 1. The van der Waals surface area contributed by atoms with Gasteiger partial charge >= 0.3 is 0 Å². The van der Waals surface area contributed by atoms with Gasteiger partial charge in [-0.15, -0.1) is 22.7 Å². The number of anilines is 1. The van der Waals surface area contributed by atoms with E-state index in [1.807, 2.05) is 39.9 Å². The highest BCUT2D eigenvalue weighted by atomic mass is 32.2. The summed E-state index contributed by atoms with van der Waals surface area (Å²) in [4.78, 5) is 22.3. The van der Waals surface area contributed by atoms with Crippen molar-refractivity contribution in [2.75, 3.05) is 31.1 Å². The second-order valence-corrected chi connectivity index (χ2v) is 10.9. The first-order valence-electron chi connectivity index (χ1n) is 9.96. The molecule has 0 saturated carbocycles. The maximum Gasteiger partial charge on any atom is 0.264 e. The zero-order chi connectivity index (χ0) is 22.1. The smallest absolute Gasteiger partial charge is 0.264 e. The molecule has 7 nitrogen and oxygen atoms in total. The molecule has 1 aromatic carbocycles. The third-order valence-electron chi connectivity index (χ3n) is 5.21. The van der Waals surface area contributed by atoms with Crippen molar-refractivity contribution in [1.29, 1.82) is 0 Å². The first-order valence-corrected chi connectivity index (χ1v) is 13.2. The minimum Gasteiger partial charge on any atom is -0.418 e. The van der Waals surface area contributed by atoms with Gasteiger partial charge in [0.05, 0.1) is 14.6 Å².